The van der Waals surface area contributed by atoms with E-state index in [1.54, 1.807) is 13.3 Å². The van der Waals surface area contributed by atoms with E-state index in [0.29, 0.717) is 0 Å². The first-order chi connectivity index (χ1) is 7.28. The zero-order valence-corrected chi connectivity index (χ0v) is 13.9. The molecule has 0 aromatic heterocycles. The van der Waals surface area contributed by atoms with Crippen LogP contribution in [0, 0.1) is 5.92 Å². The van der Waals surface area contributed by atoms with Crippen molar-refractivity contribution in [1.29, 1.82) is 0 Å². The Morgan fingerprint density at radius 2 is 1.60 bits per heavy atom. The maximum absolute atomic E-state index is 3.98. The number of hydrogen-bond acceptors (Lipinski definition) is 0. The third-order valence-corrected chi connectivity index (χ3v) is 12.4. The third-order valence-electron chi connectivity index (χ3n) is 3.18. The van der Waals surface area contributed by atoms with Crippen LogP contribution in [0.5, 0.6) is 0 Å². The van der Waals surface area contributed by atoms with Crippen molar-refractivity contribution in [2.75, 3.05) is 0 Å². The first-order valence-corrected chi connectivity index (χ1v) is 12.8. The molecular formula is C14H29Sn. The standard InChI is InChI=1S/C6H11.2C4H9.Sn/c1-4-6(3)5-2;2*1-3-4-2;/h4,6H,1,3,5H2,2H3;2*1,3-4H2,2H3;. The second kappa shape index (κ2) is 11.0. The van der Waals surface area contributed by atoms with Gasteiger partial charge < -0.3 is 0 Å². The van der Waals surface area contributed by atoms with Crippen LogP contribution in [0.3, 0.4) is 0 Å². The molecule has 1 atom stereocenters. The summed E-state index contributed by atoms with van der Waals surface area (Å²) in [6, 6.07) is 0. The molecule has 1 unspecified atom stereocenters. The predicted molar refractivity (Wildman–Crippen MR) is 74.0 cm³/mol. The van der Waals surface area contributed by atoms with E-state index in [0.717, 1.165) is 5.92 Å². The summed E-state index contributed by atoms with van der Waals surface area (Å²) in [6.07, 6.45) is 9.28. The van der Waals surface area contributed by atoms with E-state index in [9.17, 15) is 0 Å². The minimum absolute atomic E-state index is 0.841. The number of hydrogen-bond donors (Lipinski definition) is 0. The Balaban J connectivity index is 3.91. The fourth-order valence-corrected chi connectivity index (χ4v) is 12.1. The molecule has 1 radical (unpaired) electrons. The molecule has 0 aliphatic carbocycles. The van der Waals surface area contributed by atoms with Crippen LogP contribution in [0.25, 0.3) is 0 Å². The van der Waals surface area contributed by atoms with Crippen molar-refractivity contribution in [2.45, 2.75) is 66.2 Å². The van der Waals surface area contributed by atoms with Crippen molar-refractivity contribution in [2.24, 2.45) is 5.92 Å². The zero-order valence-electron chi connectivity index (χ0n) is 11.0. The van der Waals surface area contributed by atoms with E-state index >= 15 is 0 Å². The molecule has 0 spiro atoms. The summed E-state index contributed by atoms with van der Waals surface area (Å²) < 4.78 is 4.83. The normalized spacial score (nSPS) is 13.1. The molecular weight excluding hydrogens is 287 g/mol. The Kier molecular flexibility index (Phi) is 11.4. The Hall–Kier alpha value is 0.539. The van der Waals surface area contributed by atoms with E-state index in [1.165, 1.54) is 32.1 Å². The van der Waals surface area contributed by atoms with Crippen LogP contribution in [-0.2, 0) is 0 Å². The molecule has 0 aliphatic heterocycles. The van der Waals surface area contributed by atoms with Gasteiger partial charge in [0.15, 0.2) is 0 Å². The quantitative estimate of drug-likeness (QED) is 0.379. The predicted octanol–water partition coefficient (Wildman–Crippen LogP) is 5.29. The second-order valence-electron chi connectivity index (χ2n) is 4.57. The number of allylic oxidation sites excluding steroid dienone is 1. The molecule has 0 aromatic rings. The van der Waals surface area contributed by atoms with Gasteiger partial charge in [0.25, 0.3) is 0 Å². The van der Waals surface area contributed by atoms with Crippen LogP contribution in [-0.4, -0.2) is 19.8 Å². The Labute approximate surface area is 104 Å². The maximum atomic E-state index is 3.98. The molecule has 15 heavy (non-hydrogen) atoms. The molecule has 0 aromatic carbocycles. The molecule has 0 fully saturated rings. The molecule has 0 nitrogen and oxygen atoms in total. The van der Waals surface area contributed by atoms with Gasteiger partial charge in [-0.05, 0) is 0 Å². The van der Waals surface area contributed by atoms with E-state index in [1.807, 2.05) is 0 Å². The van der Waals surface area contributed by atoms with Crippen LogP contribution in [0.15, 0.2) is 12.7 Å². The summed E-state index contributed by atoms with van der Waals surface area (Å²) in [6.45, 7) is 10.9. The molecule has 1 heteroatoms. The third kappa shape index (κ3) is 8.36. The van der Waals surface area contributed by atoms with Crippen LogP contribution in [0.1, 0.15) is 52.9 Å². The van der Waals surface area contributed by atoms with Gasteiger partial charge in [-0.1, -0.05) is 0 Å². The van der Waals surface area contributed by atoms with Gasteiger partial charge >= 0.3 is 105 Å². The first-order valence-electron chi connectivity index (χ1n) is 6.74. The van der Waals surface area contributed by atoms with Crippen molar-refractivity contribution >= 4 is 19.8 Å². The fraction of sp³-hybridized carbons (Fsp3) is 0.857. The van der Waals surface area contributed by atoms with Gasteiger partial charge in [0, 0.05) is 0 Å². The van der Waals surface area contributed by atoms with Gasteiger partial charge in [0.05, 0.1) is 0 Å². The van der Waals surface area contributed by atoms with Gasteiger partial charge in [-0.2, -0.15) is 0 Å². The van der Waals surface area contributed by atoms with E-state index in [-0.39, 0.29) is 0 Å². The fourth-order valence-electron chi connectivity index (χ4n) is 1.95. The van der Waals surface area contributed by atoms with Crippen molar-refractivity contribution < 1.29 is 0 Å². The average Bonchev–Trinajstić information content (AvgIpc) is 2.28. The topological polar surface area (TPSA) is 0 Å². The average molecular weight is 316 g/mol. The van der Waals surface area contributed by atoms with Crippen LogP contribution >= 0.6 is 0 Å². The van der Waals surface area contributed by atoms with Gasteiger partial charge in [-0.25, -0.2) is 0 Å². The Bertz CT molecular complexity index is 134. The molecule has 89 valence electrons. The van der Waals surface area contributed by atoms with E-state index in [2.05, 4.69) is 33.4 Å². The summed E-state index contributed by atoms with van der Waals surface area (Å²) in [5.74, 6) is 0.841. The van der Waals surface area contributed by atoms with Crippen LogP contribution in [0.4, 0.5) is 0 Å². The van der Waals surface area contributed by atoms with Gasteiger partial charge in [-0.3, -0.25) is 0 Å². The molecule has 0 aliphatic rings. The Morgan fingerprint density at radius 3 is 1.93 bits per heavy atom. The summed E-state index contributed by atoms with van der Waals surface area (Å²) in [4.78, 5) is 0. The summed E-state index contributed by atoms with van der Waals surface area (Å²) >= 11 is -1.01. The minimum atomic E-state index is -1.01. The van der Waals surface area contributed by atoms with Crippen molar-refractivity contribution in [3.63, 3.8) is 0 Å². The van der Waals surface area contributed by atoms with Gasteiger partial charge in [0.1, 0.15) is 0 Å². The molecule has 0 rings (SSSR count). The molecule has 0 saturated carbocycles. The molecule has 0 heterocycles. The molecule has 0 amide bonds. The van der Waals surface area contributed by atoms with Gasteiger partial charge in [-0.15, -0.1) is 0 Å². The monoisotopic (exact) mass is 317 g/mol. The SMILES string of the molecule is C=CC(CC)[CH2][Sn]([CH2]CCC)[CH2]CCC. The van der Waals surface area contributed by atoms with E-state index in [4.69, 9.17) is 0 Å². The number of unbranched alkanes of at least 4 members (excludes halogenated alkanes) is 2. The van der Waals surface area contributed by atoms with Crippen molar-refractivity contribution in [3.05, 3.63) is 12.7 Å². The molecule has 0 saturated heterocycles. The summed E-state index contributed by atoms with van der Waals surface area (Å²) in [5, 5.41) is 0. The first kappa shape index (κ1) is 15.5. The van der Waals surface area contributed by atoms with Crippen LogP contribution in [0.2, 0.25) is 13.3 Å². The van der Waals surface area contributed by atoms with E-state index < -0.39 is 19.8 Å². The molecule has 0 N–H and O–H groups in total. The van der Waals surface area contributed by atoms with Gasteiger partial charge in [0.2, 0.25) is 0 Å². The number of rotatable bonds is 10. The molecule has 0 bridgehead atoms. The van der Waals surface area contributed by atoms with Crippen LogP contribution < -0.4 is 0 Å². The second-order valence-corrected chi connectivity index (χ2v) is 12.9. The van der Waals surface area contributed by atoms with Crippen molar-refractivity contribution in [1.82, 2.24) is 0 Å². The zero-order chi connectivity index (χ0) is 11.5. The van der Waals surface area contributed by atoms with Crippen molar-refractivity contribution in [3.8, 4) is 0 Å². The summed E-state index contributed by atoms with van der Waals surface area (Å²) in [5.41, 5.74) is 0. The Morgan fingerprint density at radius 1 is 1.07 bits per heavy atom. The summed E-state index contributed by atoms with van der Waals surface area (Å²) in [7, 11) is 0.